The van der Waals surface area contributed by atoms with E-state index in [-0.39, 0.29) is 5.92 Å². The van der Waals surface area contributed by atoms with Crippen molar-refractivity contribution >= 4 is 0 Å². The SMILES string of the molecule is CCCCCCCCC(Cc1ccccc1)C(OC)(OC)OC. The number of unbranched alkanes of at least 4 members (excludes halogenated alkanes) is 5. The molecule has 0 aromatic heterocycles. The highest BCUT2D eigenvalue weighted by atomic mass is 16.9. The molecule has 0 aliphatic rings. The number of rotatable bonds is 13. The van der Waals surface area contributed by atoms with Crippen LogP contribution in [0.1, 0.15) is 57.4 Å². The lowest BCUT2D eigenvalue weighted by Gasteiger charge is -2.36. The minimum absolute atomic E-state index is 0.177. The summed E-state index contributed by atoms with van der Waals surface area (Å²) in [4.78, 5) is 0. The van der Waals surface area contributed by atoms with E-state index in [1.165, 1.54) is 44.1 Å². The third kappa shape index (κ3) is 6.62. The Bertz CT molecular complexity index is 379. The molecule has 0 N–H and O–H groups in total. The number of hydrogen-bond acceptors (Lipinski definition) is 3. The summed E-state index contributed by atoms with van der Waals surface area (Å²) in [6.45, 7) is 2.25. The van der Waals surface area contributed by atoms with Gasteiger partial charge in [0.2, 0.25) is 0 Å². The zero-order valence-corrected chi connectivity index (χ0v) is 15.3. The summed E-state index contributed by atoms with van der Waals surface area (Å²) in [5, 5.41) is 0. The van der Waals surface area contributed by atoms with Gasteiger partial charge in [-0.1, -0.05) is 75.8 Å². The largest absolute Gasteiger partial charge is 0.331 e. The molecule has 1 atom stereocenters. The molecule has 1 aromatic carbocycles. The van der Waals surface area contributed by atoms with E-state index in [0.717, 1.165) is 12.8 Å². The smallest absolute Gasteiger partial charge is 0.285 e. The average Bonchev–Trinajstić information content (AvgIpc) is 2.60. The number of ether oxygens (including phenoxy) is 3. The van der Waals surface area contributed by atoms with Crippen LogP contribution in [-0.4, -0.2) is 27.3 Å². The molecule has 3 nitrogen and oxygen atoms in total. The molecule has 0 aliphatic heterocycles. The zero-order valence-electron chi connectivity index (χ0n) is 15.3. The van der Waals surface area contributed by atoms with E-state index in [9.17, 15) is 0 Å². The van der Waals surface area contributed by atoms with Gasteiger partial charge in [0.05, 0.1) is 0 Å². The molecule has 0 radical (unpaired) electrons. The van der Waals surface area contributed by atoms with E-state index in [4.69, 9.17) is 14.2 Å². The maximum Gasteiger partial charge on any atom is 0.285 e. The minimum Gasteiger partial charge on any atom is -0.331 e. The number of methoxy groups -OCH3 is 3. The first-order chi connectivity index (χ1) is 11.2. The molecule has 0 spiro atoms. The van der Waals surface area contributed by atoms with Crippen molar-refractivity contribution in [2.45, 2.75) is 64.3 Å². The Morgan fingerprint density at radius 1 is 0.826 bits per heavy atom. The van der Waals surface area contributed by atoms with E-state index in [0.29, 0.717) is 0 Å². The summed E-state index contributed by atoms with van der Waals surface area (Å²) >= 11 is 0. The van der Waals surface area contributed by atoms with Gasteiger partial charge < -0.3 is 14.2 Å². The van der Waals surface area contributed by atoms with Gasteiger partial charge in [-0.25, -0.2) is 0 Å². The lowest BCUT2D eigenvalue weighted by Crippen LogP contribution is -2.45. The molecule has 132 valence electrons. The molecule has 3 heteroatoms. The lowest BCUT2D eigenvalue weighted by atomic mass is 9.91. The van der Waals surface area contributed by atoms with Gasteiger partial charge in [0, 0.05) is 27.2 Å². The van der Waals surface area contributed by atoms with E-state index >= 15 is 0 Å². The van der Waals surface area contributed by atoms with Gasteiger partial charge in [-0.15, -0.1) is 0 Å². The molecule has 0 heterocycles. The summed E-state index contributed by atoms with van der Waals surface area (Å²) in [5.41, 5.74) is 1.29. The van der Waals surface area contributed by atoms with Crippen LogP contribution in [0.2, 0.25) is 0 Å². The molecule has 0 saturated carbocycles. The van der Waals surface area contributed by atoms with E-state index in [1.54, 1.807) is 21.3 Å². The third-order valence-corrected chi connectivity index (χ3v) is 4.58. The summed E-state index contributed by atoms with van der Waals surface area (Å²) < 4.78 is 16.9. The highest BCUT2D eigenvalue weighted by Crippen LogP contribution is 2.31. The summed E-state index contributed by atoms with van der Waals surface area (Å²) in [5.74, 6) is -0.782. The zero-order chi connectivity index (χ0) is 17.0. The highest BCUT2D eigenvalue weighted by molar-refractivity contribution is 5.15. The molecule has 0 aliphatic carbocycles. The predicted molar refractivity (Wildman–Crippen MR) is 95.4 cm³/mol. The fourth-order valence-electron chi connectivity index (χ4n) is 3.22. The van der Waals surface area contributed by atoms with Crippen molar-refractivity contribution < 1.29 is 14.2 Å². The van der Waals surface area contributed by atoms with Crippen molar-refractivity contribution in [2.24, 2.45) is 5.92 Å². The van der Waals surface area contributed by atoms with E-state index in [1.807, 2.05) is 6.07 Å². The summed E-state index contributed by atoms with van der Waals surface area (Å²) in [6.07, 6.45) is 9.65. The van der Waals surface area contributed by atoms with Crippen LogP contribution < -0.4 is 0 Å². The van der Waals surface area contributed by atoms with Crippen molar-refractivity contribution in [1.82, 2.24) is 0 Å². The van der Waals surface area contributed by atoms with Gasteiger partial charge >= 0.3 is 0 Å². The minimum atomic E-state index is -0.959. The van der Waals surface area contributed by atoms with Crippen molar-refractivity contribution in [1.29, 1.82) is 0 Å². The predicted octanol–water partition coefficient (Wildman–Crippen LogP) is 5.19. The Hall–Kier alpha value is -0.900. The molecule has 1 rings (SSSR count). The van der Waals surface area contributed by atoms with Gasteiger partial charge in [-0.05, 0) is 18.4 Å². The second kappa shape index (κ2) is 11.6. The Balaban J connectivity index is 2.64. The molecular formula is C20H34O3. The Kier molecular flexibility index (Phi) is 10.2. The molecule has 1 unspecified atom stereocenters. The fourth-order valence-corrected chi connectivity index (χ4v) is 3.22. The molecule has 1 aromatic rings. The van der Waals surface area contributed by atoms with Crippen LogP contribution in [0.3, 0.4) is 0 Å². The average molecular weight is 322 g/mol. The summed E-state index contributed by atoms with van der Waals surface area (Å²) in [6, 6.07) is 10.5. The van der Waals surface area contributed by atoms with Crippen LogP contribution in [-0.2, 0) is 20.6 Å². The standard InChI is InChI=1S/C20H34O3/c1-5-6-7-8-9-13-16-19(20(21-2,22-3)23-4)17-18-14-11-10-12-15-18/h10-12,14-15,19H,5-9,13,16-17H2,1-4H3. The Morgan fingerprint density at radius 2 is 1.39 bits per heavy atom. The second-order valence-corrected chi connectivity index (χ2v) is 6.16. The van der Waals surface area contributed by atoms with Gasteiger partial charge in [-0.2, -0.15) is 0 Å². The van der Waals surface area contributed by atoms with Crippen LogP contribution in [0.25, 0.3) is 0 Å². The molecule has 0 fully saturated rings. The maximum absolute atomic E-state index is 5.62. The molecule has 0 saturated heterocycles. The van der Waals surface area contributed by atoms with Crippen LogP contribution in [0.15, 0.2) is 30.3 Å². The van der Waals surface area contributed by atoms with Gasteiger partial charge in [0.1, 0.15) is 0 Å². The van der Waals surface area contributed by atoms with Crippen LogP contribution >= 0.6 is 0 Å². The quantitative estimate of drug-likeness (QED) is 0.369. The topological polar surface area (TPSA) is 27.7 Å². The Morgan fingerprint density at radius 3 is 1.96 bits per heavy atom. The van der Waals surface area contributed by atoms with Crippen LogP contribution in [0.5, 0.6) is 0 Å². The molecular weight excluding hydrogens is 288 g/mol. The van der Waals surface area contributed by atoms with Crippen molar-refractivity contribution in [3.63, 3.8) is 0 Å². The normalized spacial score (nSPS) is 13.2. The molecule has 23 heavy (non-hydrogen) atoms. The monoisotopic (exact) mass is 322 g/mol. The van der Waals surface area contributed by atoms with Crippen LogP contribution in [0.4, 0.5) is 0 Å². The number of benzene rings is 1. The fraction of sp³-hybridized carbons (Fsp3) is 0.700. The lowest BCUT2D eigenvalue weighted by molar-refractivity contribution is -0.379. The van der Waals surface area contributed by atoms with Crippen molar-refractivity contribution in [3.8, 4) is 0 Å². The van der Waals surface area contributed by atoms with Gasteiger partial charge in [-0.3, -0.25) is 0 Å². The molecule has 0 bridgehead atoms. The van der Waals surface area contributed by atoms with Gasteiger partial charge in [0.15, 0.2) is 0 Å². The highest BCUT2D eigenvalue weighted by Gasteiger charge is 2.39. The van der Waals surface area contributed by atoms with E-state index in [2.05, 4.69) is 31.2 Å². The first kappa shape index (κ1) is 20.1. The van der Waals surface area contributed by atoms with Crippen molar-refractivity contribution in [2.75, 3.05) is 21.3 Å². The first-order valence-electron chi connectivity index (χ1n) is 8.91. The number of hydrogen-bond donors (Lipinski definition) is 0. The molecule has 0 amide bonds. The van der Waals surface area contributed by atoms with Gasteiger partial charge in [0.25, 0.3) is 5.97 Å². The second-order valence-electron chi connectivity index (χ2n) is 6.16. The summed E-state index contributed by atoms with van der Waals surface area (Å²) in [7, 11) is 4.98. The maximum atomic E-state index is 5.62. The van der Waals surface area contributed by atoms with E-state index < -0.39 is 5.97 Å². The van der Waals surface area contributed by atoms with Crippen LogP contribution in [0, 0.1) is 5.92 Å². The Labute approximate surface area is 142 Å². The first-order valence-corrected chi connectivity index (χ1v) is 8.91. The third-order valence-electron chi connectivity index (χ3n) is 4.58. The van der Waals surface area contributed by atoms with Crippen molar-refractivity contribution in [3.05, 3.63) is 35.9 Å².